The van der Waals surface area contributed by atoms with Gasteiger partial charge in [0.1, 0.15) is 19.5 Å². The number of hydrogen-bond acceptors (Lipinski definition) is 1. The highest BCUT2D eigenvalue weighted by atomic mass is 15.3. The third-order valence-corrected chi connectivity index (χ3v) is 2.78. The van der Waals surface area contributed by atoms with Gasteiger partial charge in [-0.15, -0.1) is 5.10 Å². The van der Waals surface area contributed by atoms with Crippen LogP contribution in [-0.2, 0) is 5.41 Å². The minimum atomic E-state index is 0.0631. The van der Waals surface area contributed by atoms with Crippen molar-refractivity contribution in [2.75, 3.05) is 7.05 Å². The Morgan fingerprint density at radius 2 is 2.12 bits per heavy atom. The Balaban J connectivity index is 2.76. The average Bonchev–Trinajstić information content (AvgIpc) is 2.43. The number of hydrogen-bond donors (Lipinski definition) is 0. The molecule has 0 bridgehead atoms. The molecule has 1 aromatic rings. The van der Waals surface area contributed by atoms with Crippen LogP contribution in [0.5, 0.6) is 0 Å². The van der Waals surface area contributed by atoms with Gasteiger partial charge in [-0.2, -0.15) is 0 Å². The second-order valence-corrected chi connectivity index (χ2v) is 5.32. The number of fused-ring (bicyclic) bond motifs is 1. The van der Waals surface area contributed by atoms with Gasteiger partial charge in [0.15, 0.2) is 0 Å². The molecule has 1 aromatic heterocycles. The van der Waals surface area contributed by atoms with Gasteiger partial charge >= 0.3 is 0 Å². The first-order valence-electron chi connectivity index (χ1n) is 5.68. The molecular weight excluding hydrogens is 210 g/mol. The van der Waals surface area contributed by atoms with E-state index in [2.05, 4.69) is 44.7 Å². The normalized spacial score (nSPS) is 13.6. The molecule has 3 nitrogen and oxygen atoms in total. The summed E-state index contributed by atoms with van der Waals surface area (Å²) in [4.78, 5) is 0. The van der Waals surface area contributed by atoms with Crippen LogP contribution in [0.4, 0.5) is 5.69 Å². The summed E-state index contributed by atoms with van der Waals surface area (Å²) in [5.74, 6) is 2.87. The summed E-state index contributed by atoms with van der Waals surface area (Å²) in [6.07, 6.45) is 7.84. The van der Waals surface area contributed by atoms with Crippen molar-refractivity contribution in [2.24, 2.45) is 5.10 Å². The third-order valence-electron chi connectivity index (χ3n) is 2.78. The van der Waals surface area contributed by atoms with E-state index in [1.165, 1.54) is 5.56 Å². The molecule has 1 aliphatic heterocycles. The highest BCUT2D eigenvalue weighted by molar-refractivity contribution is 5.69. The van der Waals surface area contributed by atoms with Gasteiger partial charge in [-0.3, -0.25) is 0 Å². The van der Waals surface area contributed by atoms with Gasteiger partial charge in [-0.05, 0) is 11.5 Å². The minimum Gasteiger partial charge on any atom is -0.226 e. The van der Waals surface area contributed by atoms with E-state index in [0.29, 0.717) is 0 Å². The van der Waals surface area contributed by atoms with Gasteiger partial charge in [0.25, 0.3) is 0 Å². The van der Waals surface area contributed by atoms with Crippen LogP contribution in [0, 0.1) is 0 Å². The van der Waals surface area contributed by atoms with E-state index in [4.69, 9.17) is 0 Å². The monoisotopic (exact) mass is 228 g/mol. The van der Waals surface area contributed by atoms with Crippen LogP contribution >= 0.6 is 0 Å². The summed E-state index contributed by atoms with van der Waals surface area (Å²) >= 11 is 0. The zero-order valence-corrected chi connectivity index (χ0v) is 10.9. The van der Waals surface area contributed by atoms with Crippen molar-refractivity contribution in [3.05, 3.63) is 29.6 Å². The van der Waals surface area contributed by atoms with Crippen LogP contribution < -0.4 is 0 Å². The molecule has 17 heavy (non-hydrogen) atoms. The van der Waals surface area contributed by atoms with Crippen LogP contribution in [-0.4, -0.2) is 28.9 Å². The molecule has 2 heterocycles. The summed E-state index contributed by atoms with van der Waals surface area (Å²) in [7, 11) is 1.96. The predicted octanol–water partition coefficient (Wildman–Crippen LogP) is 2.78. The molecule has 0 fully saturated rings. The zero-order valence-electron chi connectivity index (χ0n) is 10.9. The Kier molecular flexibility index (Phi) is 2.64. The molecule has 0 aromatic carbocycles. The molecule has 3 heteroatoms. The number of nitrogens with zero attached hydrogens (tertiary/aromatic N) is 3. The van der Waals surface area contributed by atoms with Crippen LogP contribution in [0.1, 0.15) is 32.0 Å². The molecule has 0 aliphatic carbocycles. The van der Waals surface area contributed by atoms with E-state index in [9.17, 15) is 0 Å². The molecule has 0 amide bonds. The Bertz CT molecular complexity index is 559. The van der Waals surface area contributed by atoms with Crippen LogP contribution in [0.3, 0.4) is 0 Å². The van der Waals surface area contributed by atoms with Gasteiger partial charge in [-0.1, -0.05) is 26.8 Å². The van der Waals surface area contributed by atoms with Crippen molar-refractivity contribution in [3.63, 3.8) is 0 Å². The zero-order chi connectivity index (χ0) is 12.6. The maximum absolute atomic E-state index is 4.26. The Morgan fingerprint density at radius 3 is 2.71 bits per heavy atom. The fourth-order valence-electron chi connectivity index (χ4n) is 1.97. The first kappa shape index (κ1) is 11.6. The molecule has 0 saturated carbocycles. The molecule has 0 spiro atoms. The molecular formula is C14H18N3+. The fourth-order valence-corrected chi connectivity index (χ4v) is 1.97. The van der Waals surface area contributed by atoms with Gasteiger partial charge < -0.3 is 0 Å². The highest BCUT2D eigenvalue weighted by Gasteiger charge is 2.29. The van der Waals surface area contributed by atoms with Crippen molar-refractivity contribution < 1.29 is 4.58 Å². The van der Waals surface area contributed by atoms with E-state index in [1.54, 1.807) is 6.08 Å². The summed E-state index contributed by atoms with van der Waals surface area (Å²) in [5.41, 5.74) is 3.47. The highest BCUT2D eigenvalue weighted by Crippen LogP contribution is 2.36. The van der Waals surface area contributed by atoms with Gasteiger partial charge in [-0.25, -0.2) is 9.25 Å². The molecule has 0 atom stereocenters. The average molecular weight is 228 g/mol. The van der Waals surface area contributed by atoms with E-state index >= 15 is 0 Å². The summed E-state index contributed by atoms with van der Waals surface area (Å²) in [6, 6.07) is 0. The second-order valence-electron chi connectivity index (χ2n) is 5.32. The standard InChI is InChI=1S/C14H18N3/c1-14(2,3)11-10-17-12(13(11)16(4)5)8-6-7-9-15-17/h6-8,10H,4H2,1-3,5H3/q+1. The number of allylic oxidation sites excluding steroid dienone is 2. The van der Waals surface area contributed by atoms with E-state index in [0.717, 1.165) is 11.4 Å². The minimum absolute atomic E-state index is 0.0631. The van der Waals surface area contributed by atoms with E-state index < -0.39 is 0 Å². The van der Waals surface area contributed by atoms with Crippen molar-refractivity contribution in [3.8, 4) is 0 Å². The molecule has 0 radical (unpaired) electrons. The third kappa shape index (κ3) is 2.02. The Labute approximate surface area is 102 Å². The SMILES string of the molecule is C=[N+](C)c1c(C(C)(C)C)cn2c1C=CC=C=N2. The molecule has 2 rings (SSSR count). The predicted molar refractivity (Wildman–Crippen MR) is 72.5 cm³/mol. The molecule has 88 valence electrons. The summed E-state index contributed by atoms with van der Waals surface area (Å²) < 4.78 is 3.76. The molecule has 1 aliphatic rings. The smallest absolute Gasteiger partial charge is 0.226 e. The quantitative estimate of drug-likeness (QED) is 0.520. The summed E-state index contributed by atoms with van der Waals surface area (Å²) in [5, 5.41) is 4.26. The van der Waals surface area contributed by atoms with Crippen molar-refractivity contribution in [1.82, 2.24) is 4.68 Å². The number of rotatable bonds is 1. The maximum atomic E-state index is 4.26. The molecule has 0 N–H and O–H groups in total. The first-order valence-corrected chi connectivity index (χ1v) is 5.68. The van der Waals surface area contributed by atoms with Crippen LogP contribution in [0.25, 0.3) is 6.08 Å². The Morgan fingerprint density at radius 1 is 1.41 bits per heavy atom. The lowest BCUT2D eigenvalue weighted by atomic mass is 9.87. The van der Waals surface area contributed by atoms with Crippen LogP contribution in [0.2, 0.25) is 0 Å². The lowest BCUT2D eigenvalue weighted by Gasteiger charge is -2.16. The summed E-state index contributed by atoms with van der Waals surface area (Å²) in [6.45, 7) is 10.6. The lowest BCUT2D eigenvalue weighted by Crippen LogP contribution is -2.12. The van der Waals surface area contributed by atoms with Crippen molar-refractivity contribution >= 4 is 24.4 Å². The fraction of sp³-hybridized carbons (Fsp3) is 0.357. The largest absolute Gasteiger partial charge is 0.235 e. The maximum Gasteiger partial charge on any atom is 0.235 e. The molecule has 0 saturated heterocycles. The van der Waals surface area contributed by atoms with Gasteiger partial charge in [0.2, 0.25) is 5.69 Å². The first-order chi connectivity index (χ1) is 7.91. The second kappa shape index (κ2) is 3.86. The van der Waals surface area contributed by atoms with E-state index in [-0.39, 0.29) is 5.41 Å². The van der Waals surface area contributed by atoms with Crippen molar-refractivity contribution in [2.45, 2.75) is 26.2 Å². The van der Waals surface area contributed by atoms with Gasteiger partial charge in [0.05, 0.1) is 0 Å². The van der Waals surface area contributed by atoms with Crippen LogP contribution in [0.15, 0.2) is 23.5 Å². The Hall–Kier alpha value is -1.86. The van der Waals surface area contributed by atoms with E-state index in [1.807, 2.05) is 28.5 Å². The van der Waals surface area contributed by atoms with Crippen molar-refractivity contribution in [1.29, 1.82) is 0 Å². The topological polar surface area (TPSA) is 20.3 Å². The van der Waals surface area contributed by atoms with Gasteiger partial charge in [0, 0.05) is 23.7 Å². The lowest BCUT2D eigenvalue weighted by molar-refractivity contribution is -0.395. The number of aromatic nitrogens is 1. The molecule has 0 unspecified atom stereocenters.